The van der Waals surface area contributed by atoms with Gasteiger partial charge in [0.15, 0.2) is 0 Å². The molecule has 0 saturated carbocycles. The molecule has 0 atom stereocenters. The summed E-state index contributed by atoms with van der Waals surface area (Å²) in [5, 5.41) is 4.52. The van der Waals surface area contributed by atoms with Gasteiger partial charge in [0.05, 0.1) is 0 Å². The minimum absolute atomic E-state index is 0. The Balaban J connectivity index is 0.000000151. The molecule has 6 heterocycles. The molecule has 12 heteroatoms. The fourth-order valence-corrected chi connectivity index (χ4v) is 6.44. The number of hydrogen-bond donors (Lipinski definition) is 0. The third kappa shape index (κ3) is 5.45. The van der Waals surface area contributed by atoms with Crippen molar-refractivity contribution in [2.75, 3.05) is 0 Å². The summed E-state index contributed by atoms with van der Waals surface area (Å²) in [5.41, 5.74) is 7.86. The molecule has 0 bridgehead atoms. The summed E-state index contributed by atoms with van der Waals surface area (Å²) in [4.78, 5) is 26.9. The van der Waals surface area contributed by atoms with Gasteiger partial charge < -0.3 is 38.2 Å². The second kappa shape index (κ2) is 13.5. The van der Waals surface area contributed by atoms with Crippen molar-refractivity contribution < 1.29 is 42.1 Å². The summed E-state index contributed by atoms with van der Waals surface area (Å²) in [5.74, 6) is 1.83. The molecule has 0 fully saturated rings. The molecule has 0 N–H and O–H groups in total. The summed E-state index contributed by atoms with van der Waals surface area (Å²) >= 11 is 0. The maximum atomic E-state index is 4.95. The number of rotatable bonds is 4. The van der Waals surface area contributed by atoms with Crippen LogP contribution >= 0.6 is 0 Å². The van der Waals surface area contributed by atoms with Gasteiger partial charge in [-0.15, -0.1) is 22.1 Å². The van der Waals surface area contributed by atoms with Crippen LogP contribution in [0.15, 0.2) is 122 Å². The van der Waals surface area contributed by atoms with Crippen LogP contribution in [0.3, 0.4) is 0 Å². The van der Waals surface area contributed by atoms with E-state index >= 15 is 0 Å². The van der Waals surface area contributed by atoms with Crippen LogP contribution < -0.4 is 9.97 Å². The Labute approximate surface area is 315 Å². The van der Waals surface area contributed by atoms with E-state index in [9.17, 15) is 0 Å². The quantitative estimate of drug-likeness (QED) is 0.183. The third-order valence-electron chi connectivity index (χ3n) is 8.68. The number of para-hydroxylation sites is 4. The van der Waals surface area contributed by atoms with Gasteiger partial charge in [0.25, 0.3) is 0 Å². The molecule has 4 aromatic carbocycles. The van der Waals surface area contributed by atoms with Gasteiger partial charge >= 0.3 is 42.1 Å². The summed E-state index contributed by atoms with van der Waals surface area (Å²) in [6.45, 7) is 0. The molecule has 0 spiro atoms. The number of nitrogens with zero attached hydrogens (tertiary/aromatic N) is 10. The number of fused-ring (bicyclic) bond motifs is 6. The van der Waals surface area contributed by atoms with E-state index in [2.05, 4.69) is 81.1 Å². The van der Waals surface area contributed by atoms with Crippen molar-refractivity contribution in [1.82, 2.24) is 48.2 Å². The molecule has 10 rings (SSSR count). The summed E-state index contributed by atoms with van der Waals surface area (Å²) < 4.78 is 7.76. The molecule has 0 amide bonds. The first-order valence-corrected chi connectivity index (χ1v) is 15.4. The first kappa shape index (κ1) is 33.2. The Hall–Kier alpha value is -5.30. The average molecular weight is 1010 g/mol. The van der Waals surface area contributed by atoms with Crippen LogP contribution in [0, 0.1) is 12.7 Å². The maximum absolute atomic E-state index is 4.95. The minimum atomic E-state index is 0. The molecule has 50 heavy (non-hydrogen) atoms. The Morgan fingerprint density at radius 1 is 0.480 bits per heavy atom. The molecule has 248 valence electrons. The minimum Gasteiger partial charge on any atom is -0.663 e. The van der Waals surface area contributed by atoms with E-state index in [-0.39, 0.29) is 42.1 Å². The molecule has 0 unspecified atom stereocenters. The fraction of sp³-hybridized carbons (Fsp3) is 0.0526. The average Bonchev–Trinajstić information content (AvgIpc) is 3.96. The number of benzene rings is 4. The van der Waals surface area contributed by atoms with Gasteiger partial charge in [-0.2, -0.15) is 0 Å². The second-order valence-corrected chi connectivity index (χ2v) is 11.5. The number of hydrogen-bond acceptors (Lipinski definition) is 4. The molecule has 0 aliphatic carbocycles. The molecule has 6 aromatic heterocycles. The van der Waals surface area contributed by atoms with E-state index in [1.807, 2.05) is 93.8 Å². The van der Waals surface area contributed by atoms with Crippen LogP contribution in [0.2, 0.25) is 0 Å². The summed E-state index contributed by atoms with van der Waals surface area (Å²) in [6.07, 6.45) is 20.6. The van der Waals surface area contributed by atoms with Crippen molar-refractivity contribution in [3.63, 3.8) is 0 Å². The second-order valence-electron chi connectivity index (χ2n) is 11.5. The molecule has 10 aromatic rings. The Bertz CT molecular complexity index is 2520. The van der Waals surface area contributed by atoms with Crippen molar-refractivity contribution >= 4 is 43.6 Å². The first-order valence-electron chi connectivity index (χ1n) is 15.4. The van der Waals surface area contributed by atoms with Gasteiger partial charge in [-0.1, -0.05) is 97.6 Å². The molecular formula is C38H26N10Pt2. The van der Waals surface area contributed by atoms with Crippen molar-refractivity contribution in [3.8, 4) is 34.2 Å². The van der Waals surface area contributed by atoms with E-state index in [0.717, 1.165) is 77.8 Å². The summed E-state index contributed by atoms with van der Waals surface area (Å²) in [7, 11) is 3.99. The largest absolute Gasteiger partial charge is 2.00 e. The van der Waals surface area contributed by atoms with E-state index in [0.29, 0.717) is 0 Å². The van der Waals surface area contributed by atoms with Crippen molar-refractivity contribution in [1.29, 1.82) is 0 Å². The molecular weight excluding hydrogens is 987 g/mol. The van der Waals surface area contributed by atoms with Gasteiger partial charge in [0, 0.05) is 62.7 Å². The third-order valence-corrected chi connectivity index (χ3v) is 8.68. The van der Waals surface area contributed by atoms with Crippen LogP contribution in [-0.4, -0.2) is 38.2 Å². The van der Waals surface area contributed by atoms with Crippen LogP contribution in [-0.2, 0) is 56.2 Å². The van der Waals surface area contributed by atoms with Crippen LogP contribution in [0.4, 0.5) is 0 Å². The summed E-state index contributed by atoms with van der Waals surface area (Å²) in [6, 6.07) is 24.8. The topological polar surface area (TPSA) is 99.5 Å². The Morgan fingerprint density at radius 2 is 0.880 bits per heavy atom. The molecule has 0 radical (unpaired) electrons. The van der Waals surface area contributed by atoms with Gasteiger partial charge in [0.2, 0.25) is 0 Å². The van der Waals surface area contributed by atoms with Gasteiger partial charge in [-0.3, -0.25) is 0 Å². The number of aryl methyl sites for hydroxylation is 2. The zero-order chi connectivity index (χ0) is 32.2. The van der Waals surface area contributed by atoms with Crippen LogP contribution in [0.25, 0.3) is 77.8 Å². The maximum Gasteiger partial charge on any atom is 2.00 e. The van der Waals surface area contributed by atoms with Gasteiger partial charge in [-0.25, -0.2) is 9.97 Å². The van der Waals surface area contributed by atoms with Crippen molar-refractivity contribution in [2.45, 2.75) is 0 Å². The zero-order valence-electron chi connectivity index (χ0n) is 26.7. The normalized spacial score (nSPS) is 11.1. The fourth-order valence-electron chi connectivity index (χ4n) is 6.44. The predicted octanol–water partition coefficient (Wildman–Crippen LogP) is 6.67. The number of aromatic nitrogens is 10. The van der Waals surface area contributed by atoms with E-state index in [1.165, 1.54) is 0 Å². The van der Waals surface area contributed by atoms with Crippen molar-refractivity contribution in [3.05, 3.63) is 135 Å². The SMILES string of the molecule is Cn1ccnc1-c1cccc2c1[n-]c1c(-n3[c-]ncc3)cccc12.Cn1ccnc1-c1cccc2c1[n-]c1c(-n3[c-]ncc3)cccc12.[Pt+2].[Pt+2]. The zero-order valence-corrected chi connectivity index (χ0v) is 31.2. The smallest absolute Gasteiger partial charge is 0.663 e. The Morgan fingerprint density at radius 3 is 1.24 bits per heavy atom. The molecule has 0 saturated heterocycles. The van der Waals surface area contributed by atoms with Gasteiger partial charge in [0.1, 0.15) is 11.6 Å². The van der Waals surface area contributed by atoms with Gasteiger partial charge in [-0.05, 0) is 32.9 Å². The standard InChI is InChI=1S/2C19H13N5.2Pt/c2*1-23-10-9-21-19(23)15-6-2-4-13-14-5-3-7-16(18(14)22-17(13)15)24-11-8-20-12-24;;/h2*2-11H,1H3;;/q2*-2;2*+2. The van der Waals surface area contributed by atoms with E-state index < -0.39 is 0 Å². The number of imidazole rings is 4. The Kier molecular flexibility index (Phi) is 8.99. The van der Waals surface area contributed by atoms with E-state index in [1.54, 1.807) is 12.4 Å². The van der Waals surface area contributed by atoms with E-state index in [4.69, 9.17) is 9.97 Å². The van der Waals surface area contributed by atoms with Crippen molar-refractivity contribution in [2.24, 2.45) is 14.1 Å². The first-order chi connectivity index (χ1) is 23.7. The molecule has 0 aliphatic rings. The molecule has 0 aliphatic heterocycles. The van der Waals surface area contributed by atoms with Crippen LogP contribution in [0.1, 0.15) is 0 Å². The monoisotopic (exact) mass is 1010 g/mol. The predicted molar refractivity (Wildman–Crippen MR) is 186 cm³/mol. The van der Waals surface area contributed by atoms with Crippen LogP contribution in [0.5, 0.6) is 0 Å². The molecule has 10 nitrogen and oxygen atoms in total.